The Morgan fingerprint density at radius 3 is 2.64 bits per heavy atom. The van der Waals surface area contributed by atoms with Gasteiger partial charge in [0.25, 0.3) is 5.91 Å². The van der Waals surface area contributed by atoms with E-state index in [0.29, 0.717) is 10.7 Å². The molecule has 5 rings (SSSR count). The number of nitrogens with zero attached hydrogens (tertiary/aromatic N) is 2. The molecule has 0 saturated heterocycles. The van der Waals surface area contributed by atoms with Gasteiger partial charge in [-0.15, -0.1) is 11.3 Å². The molecule has 0 aliphatic rings. The van der Waals surface area contributed by atoms with Gasteiger partial charge in [-0.2, -0.15) is 0 Å². The molecule has 4 nitrogen and oxygen atoms in total. The normalized spacial score (nSPS) is 11.2. The van der Waals surface area contributed by atoms with Gasteiger partial charge < -0.3 is 5.32 Å². The predicted octanol–water partition coefficient (Wildman–Crippen LogP) is 5.78. The number of hydrogen-bond donors (Lipinski definition) is 1. The molecule has 5 heteroatoms. The van der Waals surface area contributed by atoms with Crippen LogP contribution in [0.15, 0.2) is 78.3 Å². The lowest BCUT2D eigenvalue weighted by Gasteiger charge is -2.09. The highest BCUT2D eigenvalue weighted by Gasteiger charge is 2.20. The maximum absolute atomic E-state index is 12.8. The highest BCUT2D eigenvalue weighted by atomic mass is 32.1. The number of amides is 1. The summed E-state index contributed by atoms with van der Waals surface area (Å²) in [5.41, 5.74) is 3.73. The van der Waals surface area contributed by atoms with Crippen molar-refractivity contribution in [1.29, 1.82) is 0 Å². The molecular weight excluding hydrogens is 366 g/mol. The first-order valence-electron chi connectivity index (χ1n) is 9.03. The van der Waals surface area contributed by atoms with E-state index >= 15 is 0 Å². The van der Waals surface area contributed by atoms with E-state index in [1.165, 1.54) is 11.3 Å². The fourth-order valence-electron chi connectivity index (χ4n) is 3.49. The van der Waals surface area contributed by atoms with Gasteiger partial charge in [0.2, 0.25) is 0 Å². The van der Waals surface area contributed by atoms with E-state index < -0.39 is 0 Å². The molecule has 5 aromatic rings. The molecule has 28 heavy (non-hydrogen) atoms. The van der Waals surface area contributed by atoms with E-state index in [1.807, 2.05) is 64.5 Å². The number of fused-ring (bicyclic) bond motifs is 3. The van der Waals surface area contributed by atoms with Gasteiger partial charge in [0.1, 0.15) is 17.2 Å². The molecule has 0 atom stereocenters. The molecule has 2 aromatic carbocycles. The number of hydrogen-bond acceptors (Lipinski definition) is 3. The van der Waals surface area contributed by atoms with Gasteiger partial charge in [0.15, 0.2) is 0 Å². The van der Waals surface area contributed by atoms with Crippen LogP contribution in [0.25, 0.3) is 27.7 Å². The number of nitrogens with one attached hydrogen (secondary N) is 1. The number of carbonyl (C=O) groups excluding carboxylic acids is 1. The lowest BCUT2D eigenvalue weighted by molar-refractivity contribution is 0.103. The molecule has 0 aliphatic carbocycles. The zero-order valence-corrected chi connectivity index (χ0v) is 16.0. The van der Waals surface area contributed by atoms with Crippen molar-refractivity contribution < 1.29 is 4.79 Å². The molecule has 0 spiro atoms. The second kappa shape index (κ2) is 6.62. The van der Waals surface area contributed by atoms with Crippen molar-refractivity contribution in [2.24, 2.45) is 0 Å². The molecule has 0 bridgehead atoms. The number of anilines is 1. The van der Waals surface area contributed by atoms with Crippen molar-refractivity contribution in [2.45, 2.75) is 6.92 Å². The second-order valence-electron chi connectivity index (χ2n) is 6.65. The van der Waals surface area contributed by atoms with Gasteiger partial charge >= 0.3 is 0 Å². The van der Waals surface area contributed by atoms with Crippen molar-refractivity contribution in [3.63, 3.8) is 0 Å². The Morgan fingerprint density at radius 2 is 1.82 bits per heavy atom. The van der Waals surface area contributed by atoms with Crippen molar-refractivity contribution in [2.75, 3.05) is 5.32 Å². The minimum absolute atomic E-state index is 0.125. The van der Waals surface area contributed by atoms with Crippen LogP contribution in [0.2, 0.25) is 0 Å². The highest BCUT2D eigenvalue weighted by Crippen LogP contribution is 2.33. The first-order valence-corrected chi connectivity index (χ1v) is 9.91. The van der Waals surface area contributed by atoms with Crippen LogP contribution in [0.3, 0.4) is 0 Å². The van der Waals surface area contributed by atoms with Gasteiger partial charge in [-0.05, 0) is 35.4 Å². The van der Waals surface area contributed by atoms with Crippen LogP contribution in [-0.2, 0) is 0 Å². The molecule has 1 amide bonds. The molecule has 3 aromatic heterocycles. The Morgan fingerprint density at radius 1 is 1.00 bits per heavy atom. The summed E-state index contributed by atoms with van der Waals surface area (Å²) in [6.45, 7) is 2.06. The fraction of sp³-hybridized carbons (Fsp3) is 0.0435. The largest absolute Gasteiger partial charge is 0.305 e. The topological polar surface area (TPSA) is 46.4 Å². The molecule has 0 unspecified atom stereocenters. The van der Waals surface area contributed by atoms with E-state index in [1.54, 1.807) is 0 Å². The standard InChI is InChI=1S/C23H17N3OS/c1-15-7-2-4-9-17(15)20-22(25-23(27)19-11-6-14-28-19)26-13-12-16-8-3-5-10-18(16)21(26)24-20/h2-14H,1H3,(H,25,27). The smallest absolute Gasteiger partial charge is 0.266 e. The molecule has 1 N–H and O–H groups in total. The van der Waals surface area contributed by atoms with E-state index in [9.17, 15) is 4.79 Å². The monoisotopic (exact) mass is 383 g/mol. The van der Waals surface area contributed by atoms with Gasteiger partial charge in [-0.25, -0.2) is 4.98 Å². The zero-order chi connectivity index (χ0) is 19.1. The van der Waals surface area contributed by atoms with Crippen LogP contribution in [0.1, 0.15) is 15.2 Å². The number of imidazole rings is 1. The van der Waals surface area contributed by atoms with E-state index in [2.05, 4.69) is 30.4 Å². The van der Waals surface area contributed by atoms with Crippen LogP contribution in [0.5, 0.6) is 0 Å². The maximum atomic E-state index is 12.8. The van der Waals surface area contributed by atoms with Crippen molar-refractivity contribution in [3.05, 3.63) is 88.7 Å². The van der Waals surface area contributed by atoms with Gasteiger partial charge in [-0.1, -0.05) is 54.6 Å². The summed E-state index contributed by atoms with van der Waals surface area (Å²) < 4.78 is 1.97. The first kappa shape index (κ1) is 16.7. The third kappa shape index (κ3) is 2.68. The number of rotatable bonds is 3. The number of aromatic nitrogens is 2. The average Bonchev–Trinajstić information content (AvgIpc) is 3.37. The average molecular weight is 383 g/mol. The fourth-order valence-corrected chi connectivity index (χ4v) is 4.11. The Bertz CT molecular complexity index is 1320. The molecule has 3 heterocycles. The summed E-state index contributed by atoms with van der Waals surface area (Å²) in [5, 5.41) is 7.17. The van der Waals surface area contributed by atoms with Gasteiger partial charge in [0.05, 0.1) is 4.88 Å². The van der Waals surface area contributed by atoms with Gasteiger partial charge in [-0.3, -0.25) is 9.20 Å². The quantitative estimate of drug-likeness (QED) is 0.429. The number of pyridine rings is 1. The molecule has 0 saturated carbocycles. The van der Waals surface area contributed by atoms with E-state index in [4.69, 9.17) is 4.98 Å². The van der Waals surface area contributed by atoms with Crippen LogP contribution < -0.4 is 5.32 Å². The van der Waals surface area contributed by atoms with Crippen molar-refractivity contribution in [3.8, 4) is 11.3 Å². The van der Waals surface area contributed by atoms with Gasteiger partial charge in [0, 0.05) is 17.1 Å². The van der Waals surface area contributed by atoms with Crippen LogP contribution in [0.4, 0.5) is 5.82 Å². The molecule has 0 fully saturated rings. The predicted molar refractivity (Wildman–Crippen MR) is 115 cm³/mol. The SMILES string of the molecule is Cc1ccccc1-c1nc2c3ccccc3ccn2c1NC(=O)c1cccs1. The molecule has 0 aliphatic heterocycles. The van der Waals surface area contributed by atoms with Crippen LogP contribution in [0, 0.1) is 6.92 Å². The second-order valence-corrected chi connectivity index (χ2v) is 7.60. The van der Waals surface area contributed by atoms with Crippen molar-refractivity contribution >= 4 is 39.5 Å². The molecule has 136 valence electrons. The Kier molecular flexibility index (Phi) is 3.95. The third-order valence-electron chi connectivity index (χ3n) is 4.89. The number of aryl methyl sites for hydroxylation is 1. The minimum atomic E-state index is -0.125. The summed E-state index contributed by atoms with van der Waals surface area (Å²) in [6, 6.07) is 22.0. The summed E-state index contributed by atoms with van der Waals surface area (Å²) in [4.78, 5) is 18.4. The van der Waals surface area contributed by atoms with Crippen LogP contribution >= 0.6 is 11.3 Å². The minimum Gasteiger partial charge on any atom is -0.305 e. The third-order valence-corrected chi connectivity index (χ3v) is 5.76. The Labute approximate surface area is 166 Å². The van der Waals surface area contributed by atoms with Crippen LogP contribution in [-0.4, -0.2) is 15.3 Å². The molecule has 0 radical (unpaired) electrons. The summed E-state index contributed by atoms with van der Waals surface area (Å²) >= 11 is 1.42. The Balaban J connectivity index is 1.78. The highest BCUT2D eigenvalue weighted by molar-refractivity contribution is 7.12. The first-order chi connectivity index (χ1) is 13.7. The summed E-state index contributed by atoms with van der Waals surface area (Å²) in [5.74, 6) is 0.563. The molecular formula is C23H17N3OS. The lowest BCUT2D eigenvalue weighted by atomic mass is 10.1. The van der Waals surface area contributed by atoms with Crippen molar-refractivity contribution in [1.82, 2.24) is 9.38 Å². The van der Waals surface area contributed by atoms with E-state index in [-0.39, 0.29) is 5.91 Å². The summed E-state index contributed by atoms with van der Waals surface area (Å²) in [7, 11) is 0. The Hall–Kier alpha value is -3.44. The summed E-state index contributed by atoms with van der Waals surface area (Å²) in [6.07, 6.45) is 1.97. The number of benzene rings is 2. The number of carbonyl (C=O) groups is 1. The van der Waals surface area contributed by atoms with E-state index in [0.717, 1.165) is 33.2 Å². The maximum Gasteiger partial charge on any atom is 0.266 e. The zero-order valence-electron chi connectivity index (χ0n) is 15.2. The lowest BCUT2D eigenvalue weighted by Crippen LogP contribution is -2.12. The number of thiophene rings is 1.